The molecule has 0 fully saturated rings. The molecule has 15 heavy (non-hydrogen) atoms. The first-order valence-corrected chi connectivity index (χ1v) is 5.15. The summed E-state index contributed by atoms with van der Waals surface area (Å²) in [6.07, 6.45) is 0.936. The summed E-state index contributed by atoms with van der Waals surface area (Å²) in [4.78, 5) is 11.4. The van der Waals surface area contributed by atoms with Crippen LogP contribution >= 0.6 is 0 Å². The minimum absolute atomic E-state index is 0.261. The molecule has 1 aromatic heterocycles. The molecule has 0 aliphatic rings. The van der Waals surface area contributed by atoms with Crippen LogP contribution in [0.2, 0.25) is 0 Å². The number of ether oxygens (including phenoxy) is 1. The van der Waals surface area contributed by atoms with Gasteiger partial charge in [0.25, 0.3) is 0 Å². The maximum absolute atomic E-state index is 11.4. The molecule has 4 heteroatoms. The minimum atomic E-state index is -0.353. The van der Waals surface area contributed by atoms with E-state index in [1.165, 1.54) is 12.7 Å². The number of hydrogen-bond acceptors (Lipinski definition) is 3. The highest BCUT2D eigenvalue weighted by Crippen LogP contribution is 2.18. The summed E-state index contributed by atoms with van der Waals surface area (Å²) in [5.74, 6) is -0.261. The molecule has 0 aromatic carbocycles. The van der Waals surface area contributed by atoms with Crippen LogP contribution in [0.4, 0.5) is 0 Å². The Bertz CT molecular complexity index is 369. The van der Waals surface area contributed by atoms with Gasteiger partial charge in [-0.1, -0.05) is 6.92 Å². The van der Waals surface area contributed by atoms with Gasteiger partial charge in [-0.2, -0.15) is 5.10 Å². The van der Waals surface area contributed by atoms with Crippen LogP contribution in [0.3, 0.4) is 0 Å². The maximum Gasteiger partial charge on any atom is 0.330 e. The summed E-state index contributed by atoms with van der Waals surface area (Å²) in [5.41, 5.74) is 3.25. The molecule has 1 heterocycles. The second-order valence-corrected chi connectivity index (χ2v) is 3.65. The number of methoxy groups -OCH3 is 1. The lowest BCUT2D eigenvalue weighted by Crippen LogP contribution is -2.20. The molecule has 0 saturated heterocycles. The average molecular weight is 210 g/mol. The molecule has 0 bridgehead atoms. The fraction of sp³-hybridized carbons (Fsp3) is 0.636. The van der Waals surface area contributed by atoms with E-state index in [2.05, 4.69) is 12.0 Å². The number of aromatic nitrogens is 2. The molecule has 1 atom stereocenters. The van der Waals surface area contributed by atoms with Crippen molar-refractivity contribution >= 4 is 5.97 Å². The molecule has 0 aliphatic heterocycles. The van der Waals surface area contributed by atoms with E-state index in [-0.39, 0.29) is 12.0 Å². The summed E-state index contributed by atoms with van der Waals surface area (Å²) in [6, 6.07) is -0.353. The predicted octanol–water partition coefficient (Wildman–Crippen LogP) is 1.80. The van der Waals surface area contributed by atoms with Crippen LogP contribution in [-0.2, 0) is 16.0 Å². The molecule has 0 unspecified atom stereocenters. The van der Waals surface area contributed by atoms with Gasteiger partial charge in [-0.05, 0) is 32.8 Å². The Balaban J connectivity index is 3.10. The second kappa shape index (κ2) is 4.47. The lowest BCUT2D eigenvalue weighted by Gasteiger charge is -2.11. The van der Waals surface area contributed by atoms with E-state index >= 15 is 0 Å². The number of aryl methyl sites for hydroxylation is 1. The van der Waals surface area contributed by atoms with Crippen molar-refractivity contribution in [3.8, 4) is 0 Å². The van der Waals surface area contributed by atoms with E-state index in [4.69, 9.17) is 4.74 Å². The van der Waals surface area contributed by atoms with Crippen LogP contribution in [-0.4, -0.2) is 22.9 Å². The fourth-order valence-corrected chi connectivity index (χ4v) is 1.86. The van der Waals surface area contributed by atoms with Crippen LogP contribution in [0.15, 0.2) is 0 Å². The lowest BCUT2D eigenvalue weighted by atomic mass is 10.1. The maximum atomic E-state index is 11.4. The number of rotatable bonds is 3. The molecule has 0 saturated carbocycles. The molecule has 1 rings (SSSR count). The van der Waals surface area contributed by atoms with Gasteiger partial charge in [0.15, 0.2) is 0 Å². The summed E-state index contributed by atoms with van der Waals surface area (Å²) < 4.78 is 6.44. The second-order valence-electron chi connectivity index (χ2n) is 3.65. The Hall–Kier alpha value is -1.32. The molecule has 4 nitrogen and oxygen atoms in total. The van der Waals surface area contributed by atoms with Gasteiger partial charge in [-0.15, -0.1) is 0 Å². The highest BCUT2D eigenvalue weighted by atomic mass is 16.5. The zero-order chi connectivity index (χ0) is 11.6. The standard InChI is InChI=1S/C11H18N2O2/c1-6-10-7(2)12-13(8(10)3)9(4)11(14)15-5/h9H,6H2,1-5H3/t9-/m1/s1. The number of nitrogens with zero attached hydrogens (tertiary/aromatic N) is 2. The first-order valence-electron chi connectivity index (χ1n) is 5.15. The van der Waals surface area contributed by atoms with Gasteiger partial charge in [0, 0.05) is 5.69 Å². The van der Waals surface area contributed by atoms with E-state index in [9.17, 15) is 4.79 Å². The molecule has 1 aromatic rings. The largest absolute Gasteiger partial charge is 0.467 e. The SMILES string of the molecule is CCc1c(C)nn([C@H](C)C(=O)OC)c1C. The van der Waals surface area contributed by atoms with Gasteiger partial charge in [0.1, 0.15) is 6.04 Å². The molecule has 0 spiro atoms. The van der Waals surface area contributed by atoms with Crippen molar-refractivity contribution in [1.29, 1.82) is 0 Å². The molecular formula is C11H18N2O2. The third-order valence-corrected chi connectivity index (χ3v) is 2.74. The number of carbonyl (C=O) groups is 1. The summed E-state index contributed by atoms with van der Waals surface area (Å²) in [7, 11) is 1.39. The molecule has 0 N–H and O–H groups in total. The third kappa shape index (κ3) is 2.03. The first kappa shape index (κ1) is 11.8. The van der Waals surface area contributed by atoms with Crippen LogP contribution in [0, 0.1) is 13.8 Å². The van der Waals surface area contributed by atoms with Crippen molar-refractivity contribution in [3.63, 3.8) is 0 Å². The van der Waals surface area contributed by atoms with Gasteiger partial charge < -0.3 is 4.74 Å². The van der Waals surface area contributed by atoms with E-state index in [1.54, 1.807) is 11.6 Å². The molecule has 84 valence electrons. The Morgan fingerprint density at radius 1 is 1.53 bits per heavy atom. The fourth-order valence-electron chi connectivity index (χ4n) is 1.86. The van der Waals surface area contributed by atoms with Gasteiger partial charge >= 0.3 is 5.97 Å². The topological polar surface area (TPSA) is 44.1 Å². The lowest BCUT2D eigenvalue weighted by molar-refractivity contribution is -0.144. The van der Waals surface area contributed by atoms with Crippen LogP contribution < -0.4 is 0 Å². The normalized spacial score (nSPS) is 12.6. The highest BCUT2D eigenvalue weighted by molar-refractivity contribution is 5.73. The van der Waals surface area contributed by atoms with Crippen LogP contribution in [0.1, 0.15) is 36.8 Å². The quantitative estimate of drug-likeness (QED) is 0.714. The smallest absolute Gasteiger partial charge is 0.330 e. The van der Waals surface area contributed by atoms with Crippen molar-refractivity contribution in [1.82, 2.24) is 9.78 Å². The van der Waals surface area contributed by atoms with Crippen molar-refractivity contribution in [2.45, 2.75) is 40.2 Å². The summed E-state index contributed by atoms with van der Waals surface area (Å²) in [5, 5.41) is 4.37. The monoisotopic (exact) mass is 210 g/mol. The molecular weight excluding hydrogens is 192 g/mol. The predicted molar refractivity (Wildman–Crippen MR) is 57.8 cm³/mol. The third-order valence-electron chi connectivity index (χ3n) is 2.74. The van der Waals surface area contributed by atoms with E-state index in [0.29, 0.717) is 0 Å². The van der Waals surface area contributed by atoms with E-state index in [1.807, 2.05) is 13.8 Å². The van der Waals surface area contributed by atoms with Gasteiger partial charge in [-0.3, -0.25) is 4.68 Å². The molecule has 0 radical (unpaired) electrons. The van der Waals surface area contributed by atoms with Crippen molar-refractivity contribution in [3.05, 3.63) is 17.0 Å². The Labute approximate surface area is 90.2 Å². The van der Waals surface area contributed by atoms with Crippen molar-refractivity contribution in [2.24, 2.45) is 0 Å². The van der Waals surface area contributed by atoms with Crippen molar-refractivity contribution in [2.75, 3.05) is 7.11 Å². The van der Waals surface area contributed by atoms with Gasteiger partial charge in [-0.25, -0.2) is 4.79 Å². The molecule has 0 amide bonds. The Kier molecular flexibility index (Phi) is 3.50. The Morgan fingerprint density at radius 3 is 2.53 bits per heavy atom. The number of carbonyl (C=O) groups excluding carboxylic acids is 1. The van der Waals surface area contributed by atoms with Gasteiger partial charge in [0.2, 0.25) is 0 Å². The first-order chi connectivity index (χ1) is 7.02. The van der Waals surface area contributed by atoms with Crippen molar-refractivity contribution < 1.29 is 9.53 Å². The number of esters is 1. The molecule has 0 aliphatic carbocycles. The Morgan fingerprint density at radius 2 is 2.13 bits per heavy atom. The van der Waals surface area contributed by atoms with Crippen LogP contribution in [0.5, 0.6) is 0 Å². The summed E-state index contributed by atoms with van der Waals surface area (Å²) >= 11 is 0. The zero-order valence-electron chi connectivity index (χ0n) is 10.00. The number of hydrogen-bond donors (Lipinski definition) is 0. The minimum Gasteiger partial charge on any atom is -0.467 e. The summed E-state index contributed by atoms with van der Waals surface area (Å²) in [6.45, 7) is 7.83. The van der Waals surface area contributed by atoms with E-state index in [0.717, 1.165) is 17.8 Å². The van der Waals surface area contributed by atoms with Crippen LogP contribution in [0.25, 0.3) is 0 Å². The van der Waals surface area contributed by atoms with Gasteiger partial charge in [0.05, 0.1) is 12.8 Å². The van der Waals surface area contributed by atoms with E-state index < -0.39 is 0 Å². The highest BCUT2D eigenvalue weighted by Gasteiger charge is 2.20. The average Bonchev–Trinajstić information content (AvgIpc) is 2.51. The zero-order valence-corrected chi connectivity index (χ0v) is 10.00.